The summed E-state index contributed by atoms with van der Waals surface area (Å²) in [6.07, 6.45) is 2.14. The highest BCUT2D eigenvalue weighted by Crippen LogP contribution is 2.29. The van der Waals surface area contributed by atoms with E-state index >= 15 is 0 Å². The molecule has 1 unspecified atom stereocenters. The van der Waals surface area contributed by atoms with Gasteiger partial charge in [0, 0.05) is 11.3 Å². The number of likely N-dealkylation sites (tertiary alicyclic amines) is 1. The van der Waals surface area contributed by atoms with Gasteiger partial charge in [-0.25, -0.2) is 0 Å². The van der Waals surface area contributed by atoms with Crippen LogP contribution in [0.2, 0.25) is 0 Å². The van der Waals surface area contributed by atoms with Crippen molar-refractivity contribution in [3.05, 3.63) is 58.4 Å². The van der Waals surface area contributed by atoms with E-state index in [0.29, 0.717) is 17.2 Å². The number of piperidine rings is 1. The molecule has 0 amide bonds. The van der Waals surface area contributed by atoms with E-state index in [2.05, 4.69) is 40.2 Å². The molecule has 1 atom stereocenters. The first-order chi connectivity index (χ1) is 12.4. The lowest BCUT2D eigenvalue weighted by Gasteiger charge is -2.35. The highest BCUT2D eigenvalue weighted by molar-refractivity contribution is 6.05. The van der Waals surface area contributed by atoms with E-state index in [1.165, 1.54) is 5.56 Å². The van der Waals surface area contributed by atoms with E-state index < -0.39 is 0 Å². The summed E-state index contributed by atoms with van der Waals surface area (Å²) in [7, 11) is 0. The van der Waals surface area contributed by atoms with Crippen molar-refractivity contribution in [3.63, 3.8) is 0 Å². The molecule has 26 heavy (non-hydrogen) atoms. The lowest BCUT2D eigenvalue weighted by atomic mass is 9.88. The molecule has 3 rings (SSSR count). The number of carbonyl (C=O) groups is 2. The third-order valence-corrected chi connectivity index (χ3v) is 5.76. The fraction of sp³-hybridized carbons (Fsp3) is 0.455. The van der Waals surface area contributed by atoms with Crippen molar-refractivity contribution in [1.29, 1.82) is 0 Å². The minimum absolute atomic E-state index is 0.00614. The standard InChI is InChI=1S/C22H28N2O2/c1-14-20(17(4)25)15(2)23-21(14)22(26)16(3)24-12-10-19(11-13-24)18-8-6-5-7-9-18/h5-9,16,19,23H,10-13H2,1-4H3. The fourth-order valence-electron chi connectivity index (χ4n) is 4.24. The van der Waals surface area contributed by atoms with Crippen molar-refractivity contribution in [2.24, 2.45) is 0 Å². The topological polar surface area (TPSA) is 53.2 Å². The van der Waals surface area contributed by atoms with Crippen LogP contribution in [0.3, 0.4) is 0 Å². The average molecular weight is 352 g/mol. The van der Waals surface area contributed by atoms with Crippen LogP contribution < -0.4 is 0 Å². The maximum Gasteiger partial charge on any atom is 0.196 e. The molecule has 1 aromatic heterocycles. The van der Waals surface area contributed by atoms with E-state index in [1.807, 2.05) is 20.8 Å². The molecule has 138 valence electrons. The number of carbonyl (C=O) groups excluding carboxylic acids is 2. The number of rotatable bonds is 5. The molecule has 2 heterocycles. The summed E-state index contributed by atoms with van der Waals surface area (Å²) in [6, 6.07) is 10.5. The number of H-pyrrole nitrogens is 1. The van der Waals surface area contributed by atoms with Crippen LogP contribution in [0.15, 0.2) is 30.3 Å². The van der Waals surface area contributed by atoms with Crippen LogP contribution in [0.5, 0.6) is 0 Å². The molecule has 0 radical (unpaired) electrons. The van der Waals surface area contributed by atoms with Gasteiger partial charge < -0.3 is 4.98 Å². The molecular weight excluding hydrogens is 324 g/mol. The van der Waals surface area contributed by atoms with Gasteiger partial charge in [0.25, 0.3) is 0 Å². The largest absolute Gasteiger partial charge is 0.355 e. The summed E-state index contributed by atoms with van der Waals surface area (Å²) < 4.78 is 0. The van der Waals surface area contributed by atoms with E-state index in [0.717, 1.165) is 37.2 Å². The molecule has 1 N–H and O–H groups in total. The van der Waals surface area contributed by atoms with Gasteiger partial charge >= 0.3 is 0 Å². The Balaban J connectivity index is 1.69. The number of nitrogens with zero attached hydrogens (tertiary/aromatic N) is 1. The predicted octanol–water partition coefficient (Wildman–Crippen LogP) is 4.28. The zero-order chi connectivity index (χ0) is 18.8. The van der Waals surface area contributed by atoms with Crippen LogP contribution in [0.25, 0.3) is 0 Å². The number of benzene rings is 1. The zero-order valence-electron chi connectivity index (χ0n) is 16.1. The Kier molecular flexibility index (Phi) is 5.42. The molecule has 1 fully saturated rings. The van der Waals surface area contributed by atoms with E-state index in [-0.39, 0.29) is 17.6 Å². The summed E-state index contributed by atoms with van der Waals surface area (Å²) in [6.45, 7) is 9.09. The Bertz CT molecular complexity index is 799. The molecule has 0 spiro atoms. The van der Waals surface area contributed by atoms with Crippen molar-refractivity contribution < 1.29 is 9.59 Å². The van der Waals surface area contributed by atoms with Gasteiger partial charge in [0.15, 0.2) is 11.6 Å². The number of nitrogens with one attached hydrogen (secondary N) is 1. The number of aromatic nitrogens is 1. The fourth-order valence-corrected chi connectivity index (χ4v) is 4.24. The first-order valence-electron chi connectivity index (χ1n) is 9.43. The molecule has 1 aliphatic heterocycles. The SMILES string of the molecule is CC(=O)c1c(C)[nH]c(C(=O)C(C)N2CCC(c3ccccc3)CC2)c1C. The molecule has 1 saturated heterocycles. The molecule has 0 saturated carbocycles. The maximum absolute atomic E-state index is 13.0. The second kappa shape index (κ2) is 7.58. The number of aryl methyl sites for hydroxylation is 1. The summed E-state index contributed by atoms with van der Waals surface area (Å²) in [4.78, 5) is 30.3. The van der Waals surface area contributed by atoms with Crippen molar-refractivity contribution in [2.75, 3.05) is 13.1 Å². The molecule has 4 nitrogen and oxygen atoms in total. The monoisotopic (exact) mass is 352 g/mol. The molecule has 2 aromatic rings. The van der Waals surface area contributed by atoms with Crippen LogP contribution in [-0.2, 0) is 0 Å². The normalized spacial score (nSPS) is 17.2. The van der Waals surface area contributed by atoms with Gasteiger partial charge in [-0.3, -0.25) is 14.5 Å². The number of hydrogen-bond acceptors (Lipinski definition) is 3. The summed E-state index contributed by atoms with van der Waals surface area (Å²) in [5, 5.41) is 0. The minimum Gasteiger partial charge on any atom is -0.355 e. The van der Waals surface area contributed by atoms with Crippen molar-refractivity contribution in [1.82, 2.24) is 9.88 Å². The molecule has 1 aliphatic rings. The highest BCUT2D eigenvalue weighted by atomic mass is 16.1. The van der Waals surface area contributed by atoms with Gasteiger partial charge in [0.05, 0.1) is 11.7 Å². The van der Waals surface area contributed by atoms with Crippen LogP contribution in [0.4, 0.5) is 0 Å². The summed E-state index contributed by atoms with van der Waals surface area (Å²) in [5.74, 6) is 0.663. The predicted molar refractivity (Wildman–Crippen MR) is 104 cm³/mol. The zero-order valence-corrected chi connectivity index (χ0v) is 16.1. The minimum atomic E-state index is -0.178. The Morgan fingerprint density at radius 2 is 1.73 bits per heavy atom. The van der Waals surface area contributed by atoms with Gasteiger partial charge in [-0.15, -0.1) is 0 Å². The number of hydrogen-bond donors (Lipinski definition) is 1. The lowest BCUT2D eigenvalue weighted by molar-refractivity contribution is 0.0791. The smallest absolute Gasteiger partial charge is 0.196 e. The van der Waals surface area contributed by atoms with Gasteiger partial charge in [0.2, 0.25) is 0 Å². The van der Waals surface area contributed by atoms with Crippen molar-refractivity contribution in [2.45, 2.75) is 52.5 Å². The van der Waals surface area contributed by atoms with Gasteiger partial charge in [-0.2, -0.15) is 0 Å². The third kappa shape index (κ3) is 3.51. The van der Waals surface area contributed by atoms with Crippen molar-refractivity contribution >= 4 is 11.6 Å². The van der Waals surface area contributed by atoms with Crippen LogP contribution in [0.1, 0.15) is 70.3 Å². The van der Waals surface area contributed by atoms with E-state index in [1.54, 1.807) is 6.92 Å². The second-order valence-electron chi connectivity index (χ2n) is 7.44. The van der Waals surface area contributed by atoms with Gasteiger partial charge in [-0.1, -0.05) is 30.3 Å². The molecule has 0 bridgehead atoms. The van der Waals surface area contributed by atoms with Crippen molar-refractivity contribution in [3.8, 4) is 0 Å². The van der Waals surface area contributed by atoms with Gasteiger partial charge in [0.1, 0.15) is 0 Å². The third-order valence-electron chi connectivity index (χ3n) is 5.76. The summed E-state index contributed by atoms with van der Waals surface area (Å²) >= 11 is 0. The van der Waals surface area contributed by atoms with E-state index in [4.69, 9.17) is 0 Å². The molecule has 0 aliphatic carbocycles. The van der Waals surface area contributed by atoms with E-state index in [9.17, 15) is 9.59 Å². The number of aromatic amines is 1. The van der Waals surface area contributed by atoms with Crippen LogP contribution >= 0.6 is 0 Å². The lowest BCUT2D eigenvalue weighted by Crippen LogP contribution is -2.43. The first-order valence-corrected chi connectivity index (χ1v) is 9.43. The second-order valence-corrected chi connectivity index (χ2v) is 7.44. The highest BCUT2D eigenvalue weighted by Gasteiger charge is 2.30. The molecule has 1 aromatic carbocycles. The maximum atomic E-state index is 13.0. The first kappa shape index (κ1) is 18.6. The quantitative estimate of drug-likeness (QED) is 0.817. The van der Waals surface area contributed by atoms with Gasteiger partial charge in [-0.05, 0) is 70.7 Å². The average Bonchev–Trinajstić information content (AvgIpc) is 2.95. The number of Topliss-reactive ketones (excluding diaryl/α,β-unsaturated/α-hetero) is 2. The summed E-state index contributed by atoms with van der Waals surface area (Å²) in [5.41, 5.74) is 4.21. The Hall–Kier alpha value is -2.20. The Morgan fingerprint density at radius 1 is 1.12 bits per heavy atom. The van der Waals surface area contributed by atoms with Crippen LogP contribution in [0, 0.1) is 13.8 Å². The Labute approximate surface area is 155 Å². The molecular formula is C22H28N2O2. The Morgan fingerprint density at radius 3 is 2.27 bits per heavy atom. The number of ketones is 2. The van der Waals surface area contributed by atoms with Crippen LogP contribution in [-0.4, -0.2) is 40.6 Å². The molecule has 4 heteroatoms.